The largest absolute Gasteiger partial charge is 0.444 e. The normalized spacial score (nSPS) is 14.3. The summed E-state index contributed by atoms with van der Waals surface area (Å²) in [7, 11) is 0. The molecule has 210 valence electrons. The second kappa shape index (κ2) is 15.0. The van der Waals surface area contributed by atoms with Crippen molar-refractivity contribution in [3.05, 3.63) is 35.4 Å². The quantitative estimate of drug-likeness (QED) is 0.335. The van der Waals surface area contributed by atoms with Crippen molar-refractivity contribution in [3.8, 4) is 12.3 Å². The van der Waals surface area contributed by atoms with Crippen LogP contribution in [0.4, 0.5) is 4.79 Å². The minimum Gasteiger partial charge on any atom is -0.444 e. The molecule has 38 heavy (non-hydrogen) atoms. The number of amides is 4. The SMILES string of the molecule is C#Cc1ccc(C(C(=O)NC(C)CCC)N(C(=O)C(CCC(N)=O)NC(=O)OC(C)(C)C)C(C)CC)cc1. The molecule has 1 aromatic carbocycles. The van der Waals surface area contributed by atoms with E-state index in [4.69, 9.17) is 16.9 Å². The van der Waals surface area contributed by atoms with Crippen molar-refractivity contribution in [2.75, 3.05) is 0 Å². The highest BCUT2D eigenvalue weighted by Crippen LogP contribution is 2.27. The Labute approximate surface area is 227 Å². The third-order valence-electron chi connectivity index (χ3n) is 6.02. The van der Waals surface area contributed by atoms with Crippen molar-refractivity contribution in [1.29, 1.82) is 0 Å². The van der Waals surface area contributed by atoms with Crippen LogP contribution in [0.15, 0.2) is 24.3 Å². The number of carbonyl (C=O) groups is 4. The number of hydrogen-bond acceptors (Lipinski definition) is 5. The Morgan fingerprint density at radius 1 is 1.05 bits per heavy atom. The Kier molecular flexibility index (Phi) is 12.8. The molecule has 9 heteroatoms. The lowest BCUT2D eigenvalue weighted by atomic mass is 9.97. The second-order valence-electron chi connectivity index (χ2n) is 10.6. The van der Waals surface area contributed by atoms with Gasteiger partial charge >= 0.3 is 6.09 Å². The smallest absolute Gasteiger partial charge is 0.408 e. The Morgan fingerprint density at radius 2 is 1.66 bits per heavy atom. The molecule has 0 heterocycles. The van der Waals surface area contributed by atoms with Crippen LogP contribution in [0.1, 0.15) is 97.7 Å². The lowest BCUT2D eigenvalue weighted by Crippen LogP contribution is -2.56. The molecule has 1 aromatic rings. The van der Waals surface area contributed by atoms with Crippen molar-refractivity contribution < 1.29 is 23.9 Å². The van der Waals surface area contributed by atoms with Gasteiger partial charge in [0.1, 0.15) is 17.7 Å². The van der Waals surface area contributed by atoms with Gasteiger partial charge in [-0.2, -0.15) is 0 Å². The molecule has 0 aliphatic carbocycles. The average Bonchev–Trinajstić information content (AvgIpc) is 2.83. The highest BCUT2D eigenvalue weighted by molar-refractivity contribution is 5.92. The van der Waals surface area contributed by atoms with Gasteiger partial charge in [-0.3, -0.25) is 14.4 Å². The van der Waals surface area contributed by atoms with Gasteiger partial charge in [-0.15, -0.1) is 6.42 Å². The number of nitrogens with zero attached hydrogens (tertiary/aromatic N) is 1. The Bertz CT molecular complexity index is 994. The fourth-order valence-corrected chi connectivity index (χ4v) is 4.00. The number of alkyl carbamates (subject to hydrolysis) is 1. The number of nitrogens with one attached hydrogen (secondary N) is 2. The average molecular weight is 529 g/mol. The zero-order valence-corrected chi connectivity index (χ0v) is 23.8. The number of hydrogen-bond donors (Lipinski definition) is 3. The molecule has 0 fully saturated rings. The van der Waals surface area contributed by atoms with E-state index in [2.05, 4.69) is 16.6 Å². The number of terminal acetylenes is 1. The molecule has 4 amide bonds. The van der Waals surface area contributed by atoms with Crippen LogP contribution in [0.3, 0.4) is 0 Å². The van der Waals surface area contributed by atoms with E-state index in [9.17, 15) is 19.2 Å². The minimum absolute atomic E-state index is 0.0447. The molecule has 0 saturated heterocycles. The first-order valence-corrected chi connectivity index (χ1v) is 13.2. The maximum atomic E-state index is 14.1. The van der Waals surface area contributed by atoms with Gasteiger partial charge in [0.25, 0.3) is 0 Å². The molecule has 4 N–H and O–H groups in total. The van der Waals surface area contributed by atoms with Crippen molar-refractivity contribution in [1.82, 2.24) is 15.5 Å². The first-order valence-electron chi connectivity index (χ1n) is 13.2. The summed E-state index contributed by atoms with van der Waals surface area (Å²) < 4.78 is 5.35. The monoisotopic (exact) mass is 528 g/mol. The molecule has 0 bridgehead atoms. The summed E-state index contributed by atoms with van der Waals surface area (Å²) in [5.74, 6) is 1.08. The first-order chi connectivity index (χ1) is 17.7. The molecule has 1 rings (SSSR count). The predicted octanol–water partition coefficient (Wildman–Crippen LogP) is 3.80. The van der Waals surface area contributed by atoms with Crippen LogP contribution in [-0.2, 0) is 19.1 Å². The summed E-state index contributed by atoms with van der Waals surface area (Å²) >= 11 is 0. The summed E-state index contributed by atoms with van der Waals surface area (Å²) in [6.45, 7) is 12.8. The van der Waals surface area contributed by atoms with E-state index in [0.717, 1.165) is 12.8 Å². The number of benzene rings is 1. The van der Waals surface area contributed by atoms with Crippen LogP contribution < -0.4 is 16.4 Å². The highest BCUT2D eigenvalue weighted by atomic mass is 16.6. The van der Waals surface area contributed by atoms with Crippen LogP contribution in [0, 0.1) is 12.3 Å². The first kappa shape index (κ1) is 32.5. The topological polar surface area (TPSA) is 131 Å². The second-order valence-corrected chi connectivity index (χ2v) is 10.6. The molecule has 0 aliphatic heterocycles. The van der Waals surface area contributed by atoms with E-state index in [1.165, 1.54) is 4.90 Å². The summed E-state index contributed by atoms with van der Waals surface area (Å²) in [5.41, 5.74) is 5.77. The van der Waals surface area contributed by atoms with E-state index >= 15 is 0 Å². The zero-order valence-electron chi connectivity index (χ0n) is 23.8. The Morgan fingerprint density at radius 3 is 2.13 bits per heavy atom. The van der Waals surface area contributed by atoms with Crippen LogP contribution >= 0.6 is 0 Å². The van der Waals surface area contributed by atoms with Gasteiger partial charge in [0.05, 0.1) is 0 Å². The Balaban J connectivity index is 3.57. The van der Waals surface area contributed by atoms with E-state index < -0.39 is 35.6 Å². The molecule has 9 nitrogen and oxygen atoms in total. The number of nitrogens with two attached hydrogens (primary N) is 1. The zero-order chi connectivity index (χ0) is 29.0. The standard InChI is InChI=1S/C29H44N4O5/c1-9-12-19(4)31-26(35)25(22-15-13-21(11-3)14-16-22)33(20(5)10-2)27(36)23(17-18-24(30)34)32-28(37)38-29(6,7)8/h3,13-16,19-20,23,25H,9-10,12,17-18H2,1-2,4-8H3,(H2,30,34)(H,31,35)(H,32,37). The van der Waals surface area contributed by atoms with Gasteiger partial charge in [-0.25, -0.2) is 4.79 Å². The molecule has 0 radical (unpaired) electrons. The minimum atomic E-state index is -1.14. The van der Waals surface area contributed by atoms with Crippen LogP contribution in [-0.4, -0.2) is 52.4 Å². The number of ether oxygens (including phenoxy) is 1. The summed E-state index contributed by atoms with van der Waals surface area (Å²) in [6, 6.07) is 4.25. The molecule has 0 aromatic heterocycles. The van der Waals surface area contributed by atoms with Gasteiger partial charge in [0, 0.05) is 24.1 Å². The predicted molar refractivity (Wildman–Crippen MR) is 148 cm³/mol. The third kappa shape index (κ3) is 10.4. The Hall–Kier alpha value is -3.54. The fourth-order valence-electron chi connectivity index (χ4n) is 4.00. The molecular weight excluding hydrogens is 484 g/mol. The maximum absolute atomic E-state index is 14.1. The molecular formula is C29H44N4O5. The maximum Gasteiger partial charge on any atom is 0.408 e. The van der Waals surface area contributed by atoms with Gasteiger partial charge in [-0.05, 0) is 71.6 Å². The number of rotatable bonds is 13. The third-order valence-corrected chi connectivity index (χ3v) is 6.02. The van der Waals surface area contributed by atoms with E-state index in [-0.39, 0.29) is 30.8 Å². The van der Waals surface area contributed by atoms with Gasteiger partial charge in [-0.1, -0.05) is 38.3 Å². The van der Waals surface area contributed by atoms with Crippen LogP contribution in [0.25, 0.3) is 0 Å². The summed E-state index contributed by atoms with van der Waals surface area (Å²) in [4.78, 5) is 53.5. The van der Waals surface area contributed by atoms with Gasteiger partial charge in [0.2, 0.25) is 17.7 Å². The number of primary amides is 1. The number of carbonyl (C=O) groups excluding carboxylic acids is 4. The highest BCUT2D eigenvalue weighted by Gasteiger charge is 2.38. The van der Waals surface area contributed by atoms with Crippen molar-refractivity contribution in [3.63, 3.8) is 0 Å². The molecule has 4 unspecified atom stereocenters. The lowest BCUT2D eigenvalue weighted by Gasteiger charge is -2.38. The van der Waals surface area contributed by atoms with Crippen molar-refractivity contribution in [2.24, 2.45) is 5.73 Å². The van der Waals surface area contributed by atoms with E-state index in [1.54, 1.807) is 45.0 Å². The van der Waals surface area contributed by atoms with Crippen LogP contribution in [0.2, 0.25) is 0 Å². The van der Waals surface area contributed by atoms with Gasteiger partial charge in [0.15, 0.2) is 0 Å². The summed E-state index contributed by atoms with van der Waals surface area (Å²) in [6.07, 6.45) is 6.72. The van der Waals surface area contributed by atoms with Gasteiger partial charge < -0.3 is 26.0 Å². The van der Waals surface area contributed by atoms with E-state index in [1.807, 2.05) is 27.7 Å². The summed E-state index contributed by atoms with van der Waals surface area (Å²) in [5, 5.41) is 5.62. The van der Waals surface area contributed by atoms with Crippen LogP contribution in [0.5, 0.6) is 0 Å². The van der Waals surface area contributed by atoms with Crippen molar-refractivity contribution >= 4 is 23.8 Å². The van der Waals surface area contributed by atoms with Crippen molar-refractivity contribution in [2.45, 2.75) is 110 Å². The molecule has 0 aliphatic rings. The fraction of sp³-hybridized carbons (Fsp3) is 0.586. The van der Waals surface area contributed by atoms with E-state index in [0.29, 0.717) is 17.5 Å². The molecule has 0 saturated carbocycles. The lowest BCUT2D eigenvalue weighted by molar-refractivity contribution is -0.145. The molecule has 4 atom stereocenters. The molecule has 0 spiro atoms.